The van der Waals surface area contributed by atoms with E-state index in [9.17, 15) is 0 Å². The Hall–Kier alpha value is -3.26. The van der Waals surface area contributed by atoms with E-state index < -0.39 is 0 Å². The molecule has 0 bridgehead atoms. The van der Waals surface area contributed by atoms with E-state index in [2.05, 4.69) is 92.4 Å². The molecule has 2 N–H and O–H groups in total. The van der Waals surface area contributed by atoms with Crippen molar-refractivity contribution in [1.82, 2.24) is 24.8 Å². The summed E-state index contributed by atoms with van der Waals surface area (Å²) in [6.45, 7) is 5.88. The third-order valence-corrected chi connectivity index (χ3v) is 8.37. The largest absolute Gasteiger partial charge is 0.369 e. The van der Waals surface area contributed by atoms with Crippen molar-refractivity contribution in [2.75, 3.05) is 67.9 Å². The van der Waals surface area contributed by atoms with Crippen LogP contribution in [0.3, 0.4) is 0 Å². The van der Waals surface area contributed by atoms with Crippen LogP contribution in [0.5, 0.6) is 0 Å². The summed E-state index contributed by atoms with van der Waals surface area (Å²) in [6, 6.07) is 21.6. The number of likely N-dealkylation sites (N-methyl/N-ethyl adjacent to an activating group) is 1. The van der Waals surface area contributed by atoms with E-state index in [1.807, 2.05) is 0 Å². The summed E-state index contributed by atoms with van der Waals surface area (Å²) in [6.07, 6.45) is 2.93. The van der Waals surface area contributed by atoms with Crippen LogP contribution in [0.15, 0.2) is 60.7 Å². The average Bonchev–Trinajstić information content (AvgIpc) is 3.61. The van der Waals surface area contributed by atoms with Gasteiger partial charge in [-0.3, -0.25) is 0 Å². The van der Waals surface area contributed by atoms with Gasteiger partial charge in [-0.25, -0.2) is 9.97 Å². The lowest BCUT2D eigenvalue weighted by Gasteiger charge is -2.34. The molecular formula is C32H37Cl2N7. The van der Waals surface area contributed by atoms with Gasteiger partial charge in [0.15, 0.2) is 0 Å². The predicted octanol–water partition coefficient (Wildman–Crippen LogP) is 6.32. The molecule has 1 aliphatic rings. The number of fused-ring (bicyclic) bond motifs is 2. The fraction of sp³-hybridized carbons (Fsp3) is 0.375. The predicted molar refractivity (Wildman–Crippen MR) is 173 cm³/mol. The standard InChI is InChI=1S/C32H37Cl2N7/c1-39-17-19-41(20-18-39)26-10-12-28-30(22-26)38-32(37-28)24-7-11-27-29(21-24)36-31(35-27)4-2-3-23-5-8-25(9-6-23)40(15-13-33)16-14-34/h5-12,21-22H,2-4,13-20H2,1H3,(H,35,36)(H,37,38). The van der Waals surface area contributed by atoms with E-state index in [0.29, 0.717) is 11.8 Å². The molecule has 9 heteroatoms. The van der Waals surface area contributed by atoms with Crippen molar-refractivity contribution in [3.63, 3.8) is 0 Å². The molecule has 1 fully saturated rings. The van der Waals surface area contributed by atoms with Crippen LogP contribution in [0.1, 0.15) is 17.8 Å². The van der Waals surface area contributed by atoms with Crippen LogP contribution in [0.25, 0.3) is 33.5 Å². The van der Waals surface area contributed by atoms with Crippen molar-refractivity contribution in [3.05, 3.63) is 72.1 Å². The number of piperazine rings is 1. The van der Waals surface area contributed by atoms with Gasteiger partial charge in [-0.05, 0) is 74.0 Å². The number of aryl methyl sites for hydroxylation is 2. The maximum absolute atomic E-state index is 5.96. The summed E-state index contributed by atoms with van der Waals surface area (Å²) < 4.78 is 0. The SMILES string of the molecule is CN1CCN(c2ccc3[nH]c(-c4ccc5[nH]c(CCCc6ccc(N(CCCl)CCCl)cc6)nc5c4)nc3c2)CC1. The second kappa shape index (κ2) is 12.7. The first kappa shape index (κ1) is 27.9. The second-order valence-electron chi connectivity index (χ2n) is 10.9. The highest BCUT2D eigenvalue weighted by atomic mass is 35.5. The summed E-state index contributed by atoms with van der Waals surface area (Å²) in [5.41, 5.74) is 8.86. The summed E-state index contributed by atoms with van der Waals surface area (Å²) >= 11 is 11.9. The number of hydrogen-bond donors (Lipinski definition) is 2. The van der Waals surface area contributed by atoms with Crippen LogP contribution in [-0.2, 0) is 12.8 Å². The number of rotatable bonds is 11. The number of aromatic nitrogens is 4. The Morgan fingerprint density at radius 3 is 2.24 bits per heavy atom. The first-order valence-corrected chi connectivity index (χ1v) is 15.5. The van der Waals surface area contributed by atoms with Crippen LogP contribution >= 0.6 is 23.2 Å². The molecule has 7 nitrogen and oxygen atoms in total. The first-order chi connectivity index (χ1) is 20.1. The molecule has 0 saturated carbocycles. The molecule has 6 rings (SSSR count). The highest BCUT2D eigenvalue weighted by Gasteiger charge is 2.16. The molecule has 1 saturated heterocycles. The number of nitrogens with one attached hydrogen (secondary N) is 2. The van der Waals surface area contributed by atoms with E-state index in [1.54, 1.807) is 0 Å². The lowest BCUT2D eigenvalue weighted by molar-refractivity contribution is 0.313. The molecule has 5 aromatic rings. The van der Waals surface area contributed by atoms with Crippen LogP contribution < -0.4 is 9.80 Å². The smallest absolute Gasteiger partial charge is 0.138 e. The molecule has 0 aliphatic carbocycles. The molecule has 0 radical (unpaired) electrons. The Morgan fingerprint density at radius 1 is 0.780 bits per heavy atom. The van der Waals surface area contributed by atoms with Crippen molar-refractivity contribution in [1.29, 1.82) is 0 Å². The van der Waals surface area contributed by atoms with Gasteiger partial charge in [0, 0.05) is 74.4 Å². The Labute approximate surface area is 251 Å². The Kier molecular flexibility index (Phi) is 8.65. The van der Waals surface area contributed by atoms with Gasteiger partial charge >= 0.3 is 0 Å². The molecule has 0 unspecified atom stereocenters. The minimum absolute atomic E-state index is 0.591. The quantitative estimate of drug-likeness (QED) is 0.176. The van der Waals surface area contributed by atoms with Gasteiger partial charge in [0.1, 0.15) is 11.6 Å². The molecule has 3 heterocycles. The molecule has 3 aromatic carbocycles. The number of halogens is 2. The maximum atomic E-state index is 5.96. The average molecular weight is 591 g/mol. The topological polar surface area (TPSA) is 67.1 Å². The van der Waals surface area contributed by atoms with Crippen molar-refractivity contribution in [2.24, 2.45) is 0 Å². The normalized spacial score (nSPS) is 14.4. The summed E-state index contributed by atoms with van der Waals surface area (Å²) in [5.74, 6) is 3.08. The number of hydrogen-bond acceptors (Lipinski definition) is 5. The number of anilines is 2. The Morgan fingerprint density at radius 2 is 1.49 bits per heavy atom. The van der Waals surface area contributed by atoms with Crippen molar-refractivity contribution >= 4 is 56.6 Å². The monoisotopic (exact) mass is 589 g/mol. The number of alkyl halides is 2. The highest BCUT2D eigenvalue weighted by Crippen LogP contribution is 2.27. The summed E-state index contributed by atoms with van der Waals surface area (Å²) in [4.78, 5) is 23.9. The number of aromatic amines is 2. The highest BCUT2D eigenvalue weighted by molar-refractivity contribution is 6.18. The second-order valence-corrected chi connectivity index (χ2v) is 11.6. The lowest BCUT2D eigenvalue weighted by Crippen LogP contribution is -2.44. The van der Waals surface area contributed by atoms with Gasteiger partial charge < -0.3 is 24.7 Å². The van der Waals surface area contributed by atoms with Crippen molar-refractivity contribution in [3.8, 4) is 11.4 Å². The van der Waals surface area contributed by atoms with Gasteiger partial charge in [-0.2, -0.15) is 0 Å². The number of H-pyrrole nitrogens is 2. The molecule has 41 heavy (non-hydrogen) atoms. The minimum Gasteiger partial charge on any atom is -0.369 e. The zero-order chi connectivity index (χ0) is 28.2. The minimum atomic E-state index is 0.591. The van der Waals surface area contributed by atoms with E-state index in [4.69, 9.17) is 33.2 Å². The van der Waals surface area contributed by atoms with Gasteiger partial charge in [-0.1, -0.05) is 12.1 Å². The molecule has 2 aromatic heterocycles. The molecular weight excluding hydrogens is 553 g/mol. The summed E-state index contributed by atoms with van der Waals surface area (Å²) in [7, 11) is 2.18. The number of nitrogens with zero attached hydrogens (tertiary/aromatic N) is 5. The van der Waals surface area contributed by atoms with Crippen LogP contribution in [-0.4, -0.2) is 82.9 Å². The zero-order valence-corrected chi connectivity index (χ0v) is 25.1. The lowest BCUT2D eigenvalue weighted by atomic mass is 10.1. The van der Waals surface area contributed by atoms with Gasteiger partial charge in [0.25, 0.3) is 0 Å². The molecule has 0 atom stereocenters. The first-order valence-electron chi connectivity index (χ1n) is 14.5. The van der Waals surface area contributed by atoms with E-state index >= 15 is 0 Å². The van der Waals surface area contributed by atoms with E-state index in [0.717, 1.165) is 97.8 Å². The Balaban J connectivity index is 1.10. The molecule has 0 spiro atoms. The van der Waals surface area contributed by atoms with E-state index in [-0.39, 0.29) is 0 Å². The van der Waals surface area contributed by atoms with Crippen LogP contribution in [0.2, 0.25) is 0 Å². The maximum Gasteiger partial charge on any atom is 0.138 e. The van der Waals surface area contributed by atoms with Gasteiger partial charge in [0.05, 0.1) is 22.1 Å². The molecule has 0 amide bonds. The fourth-order valence-electron chi connectivity index (χ4n) is 5.62. The van der Waals surface area contributed by atoms with Gasteiger partial charge in [-0.15, -0.1) is 23.2 Å². The van der Waals surface area contributed by atoms with Crippen molar-refractivity contribution in [2.45, 2.75) is 19.3 Å². The number of imidazole rings is 2. The van der Waals surface area contributed by atoms with Crippen LogP contribution in [0, 0.1) is 0 Å². The number of benzene rings is 3. The Bertz CT molecular complexity index is 1580. The molecule has 1 aliphatic heterocycles. The fourth-order valence-corrected chi connectivity index (χ4v) is 6.03. The summed E-state index contributed by atoms with van der Waals surface area (Å²) in [5, 5.41) is 0. The third-order valence-electron chi connectivity index (χ3n) is 8.03. The van der Waals surface area contributed by atoms with E-state index in [1.165, 1.54) is 16.9 Å². The van der Waals surface area contributed by atoms with Crippen molar-refractivity contribution < 1.29 is 0 Å². The third kappa shape index (κ3) is 6.48. The van der Waals surface area contributed by atoms with Gasteiger partial charge in [0.2, 0.25) is 0 Å². The molecule has 214 valence electrons. The van der Waals surface area contributed by atoms with Crippen LogP contribution in [0.4, 0.5) is 11.4 Å². The zero-order valence-electron chi connectivity index (χ0n) is 23.5.